The Morgan fingerprint density at radius 1 is 1.43 bits per heavy atom. The molecule has 7 heteroatoms. The lowest BCUT2D eigenvalue weighted by Crippen LogP contribution is -2.33. The van der Waals surface area contributed by atoms with E-state index in [2.05, 4.69) is 15.4 Å². The van der Waals surface area contributed by atoms with E-state index in [1.807, 2.05) is 13.0 Å². The van der Waals surface area contributed by atoms with Crippen molar-refractivity contribution in [1.82, 2.24) is 24.6 Å². The highest BCUT2D eigenvalue weighted by molar-refractivity contribution is 5.79. The summed E-state index contributed by atoms with van der Waals surface area (Å²) in [6, 6.07) is 4.79. The van der Waals surface area contributed by atoms with Gasteiger partial charge in [0.2, 0.25) is 5.91 Å². The van der Waals surface area contributed by atoms with E-state index in [1.54, 1.807) is 23.6 Å². The molecule has 7 nitrogen and oxygen atoms in total. The van der Waals surface area contributed by atoms with Crippen LogP contribution in [-0.2, 0) is 11.3 Å². The molecule has 2 aromatic rings. The number of amides is 1. The molecule has 0 bridgehead atoms. The Bertz CT molecular complexity index is 648. The maximum atomic E-state index is 11.9. The Morgan fingerprint density at radius 3 is 2.90 bits per heavy atom. The van der Waals surface area contributed by atoms with E-state index in [4.69, 9.17) is 0 Å². The molecule has 0 aromatic carbocycles. The first-order valence-electron chi connectivity index (χ1n) is 6.88. The molecule has 0 fully saturated rings. The molecule has 112 valence electrons. The summed E-state index contributed by atoms with van der Waals surface area (Å²) >= 11 is 0. The van der Waals surface area contributed by atoms with Crippen molar-refractivity contribution in [2.75, 3.05) is 6.54 Å². The van der Waals surface area contributed by atoms with Crippen molar-refractivity contribution in [1.29, 1.82) is 0 Å². The van der Waals surface area contributed by atoms with Gasteiger partial charge in [0.25, 0.3) is 5.56 Å². The Hall–Kier alpha value is -2.44. The minimum Gasteiger partial charge on any atom is -0.354 e. The van der Waals surface area contributed by atoms with Crippen LogP contribution in [0.15, 0.2) is 35.6 Å². The maximum absolute atomic E-state index is 11.9. The van der Waals surface area contributed by atoms with E-state index in [0.717, 1.165) is 5.69 Å². The Morgan fingerprint density at radius 2 is 2.24 bits per heavy atom. The third kappa shape index (κ3) is 3.77. The molecule has 2 aromatic heterocycles. The molecule has 21 heavy (non-hydrogen) atoms. The summed E-state index contributed by atoms with van der Waals surface area (Å²) in [6.45, 7) is 4.75. The topological polar surface area (TPSA) is 81.8 Å². The number of pyridine rings is 1. The van der Waals surface area contributed by atoms with Crippen molar-refractivity contribution in [3.05, 3.63) is 46.9 Å². The second-order valence-electron chi connectivity index (χ2n) is 4.85. The molecule has 0 saturated heterocycles. The molecule has 1 atom stereocenters. The van der Waals surface area contributed by atoms with Crippen molar-refractivity contribution in [2.45, 2.75) is 32.9 Å². The summed E-state index contributed by atoms with van der Waals surface area (Å²) in [5.41, 5.74) is 0.905. The molecule has 0 aliphatic carbocycles. The van der Waals surface area contributed by atoms with Gasteiger partial charge in [0.05, 0.1) is 0 Å². The third-order valence-corrected chi connectivity index (χ3v) is 3.34. The molecule has 0 radical (unpaired) electrons. The van der Waals surface area contributed by atoms with Gasteiger partial charge in [-0.25, -0.2) is 9.67 Å². The first-order valence-corrected chi connectivity index (χ1v) is 6.88. The minimum absolute atomic E-state index is 0.0164. The van der Waals surface area contributed by atoms with Crippen LogP contribution in [0.2, 0.25) is 0 Å². The molecule has 0 aliphatic rings. The highest BCUT2D eigenvalue weighted by Crippen LogP contribution is 2.01. The smallest absolute Gasteiger partial charge is 0.250 e. The van der Waals surface area contributed by atoms with E-state index < -0.39 is 6.04 Å². The van der Waals surface area contributed by atoms with Crippen LogP contribution in [0.3, 0.4) is 0 Å². The van der Waals surface area contributed by atoms with Crippen molar-refractivity contribution in [3.8, 4) is 0 Å². The summed E-state index contributed by atoms with van der Waals surface area (Å²) in [7, 11) is 0. The summed E-state index contributed by atoms with van der Waals surface area (Å²) in [5.74, 6) is -0.113. The maximum Gasteiger partial charge on any atom is 0.250 e. The van der Waals surface area contributed by atoms with Crippen molar-refractivity contribution < 1.29 is 4.79 Å². The number of nitrogens with zero attached hydrogens (tertiary/aromatic N) is 4. The lowest BCUT2D eigenvalue weighted by atomic mass is 10.3. The molecule has 1 N–H and O–H groups in total. The quantitative estimate of drug-likeness (QED) is 0.786. The SMILES string of the molecule is Cc1cccc(=O)n1CCCNC(=O)[C@H](C)n1cncn1. The zero-order valence-corrected chi connectivity index (χ0v) is 12.2. The van der Waals surface area contributed by atoms with Gasteiger partial charge in [-0.3, -0.25) is 9.59 Å². The number of aromatic nitrogens is 4. The fraction of sp³-hybridized carbons (Fsp3) is 0.429. The van der Waals surface area contributed by atoms with Crippen LogP contribution in [-0.4, -0.2) is 31.8 Å². The van der Waals surface area contributed by atoms with E-state index in [0.29, 0.717) is 19.5 Å². The van der Waals surface area contributed by atoms with Crippen molar-refractivity contribution in [3.63, 3.8) is 0 Å². The van der Waals surface area contributed by atoms with Gasteiger partial charge in [-0.15, -0.1) is 0 Å². The summed E-state index contributed by atoms with van der Waals surface area (Å²) in [6.07, 6.45) is 3.60. The van der Waals surface area contributed by atoms with Crippen LogP contribution in [0, 0.1) is 6.92 Å². The second-order valence-corrected chi connectivity index (χ2v) is 4.85. The fourth-order valence-corrected chi connectivity index (χ4v) is 2.04. The first kappa shape index (κ1) is 15.0. The van der Waals surface area contributed by atoms with Gasteiger partial charge in [-0.05, 0) is 26.3 Å². The first-order chi connectivity index (χ1) is 10.1. The van der Waals surface area contributed by atoms with Crippen molar-refractivity contribution >= 4 is 5.91 Å². The molecule has 0 aliphatic heterocycles. The normalized spacial score (nSPS) is 12.1. The predicted octanol–water partition coefficient (Wildman–Crippen LogP) is 0.516. The van der Waals surface area contributed by atoms with E-state index >= 15 is 0 Å². The highest BCUT2D eigenvalue weighted by Gasteiger charge is 2.14. The van der Waals surface area contributed by atoms with Crippen LogP contribution >= 0.6 is 0 Å². The molecule has 1 amide bonds. The minimum atomic E-state index is -0.395. The molecule has 0 spiro atoms. The number of rotatable bonds is 6. The summed E-state index contributed by atoms with van der Waals surface area (Å²) in [4.78, 5) is 27.4. The van der Waals surface area contributed by atoms with E-state index in [9.17, 15) is 9.59 Å². The molecule has 0 saturated carbocycles. The summed E-state index contributed by atoms with van der Waals surface area (Å²) in [5, 5.41) is 6.77. The average Bonchev–Trinajstić information content (AvgIpc) is 2.99. The van der Waals surface area contributed by atoms with Gasteiger partial charge in [0.1, 0.15) is 18.7 Å². The van der Waals surface area contributed by atoms with Gasteiger partial charge in [0, 0.05) is 24.8 Å². The van der Waals surface area contributed by atoms with Gasteiger partial charge < -0.3 is 9.88 Å². The van der Waals surface area contributed by atoms with Crippen LogP contribution in [0.5, 0.6) is 0 Å². The zero-order chi connectivity index (χ0) is 15.2. The van der Waals surface area contributed by atoms with E-state index in [1.165, 1.54) is 17.3 Å². The van der Waals surface area contributed by atoms with Crippen LogP contribution < -0.4 is 10.9 Å². The number of carbonyl (C=O) groups excluding carboxylic acids is 1. The fourth-order valence-electron chi connectivity index (χ4n) is 2.04. The number of hydrogen-bond donors (Lipinski definition) is 1. The summed E-state index contributed by atoms with van der Waals surface area (Å²) < 4.78 is 3.20. The Balaban J connectivity index is 1.80. The van der Waals surface area contributed by atoms with Crippen LogP contribution in [0.4, 0.5) is 0 Å². The van der Waals surface area contributed by atoms with Gasteiger partial charge in [-0.2, -0.15) is 5.10 Å². The second kappa shape index (κ2) is 6.83. The van der Waals surface area contributed by atoms with Crippen LogP contribution in [0.1, 0.15) is 25.1 Å². The zero-order valence-electron chi connectivity index (χ0n) is 12.2. The third-order valence-electron chi connectivity index (χ3n) is 3.34. The predicted molar refractivity (Wildman–Crippen MR) is 77.8 cm³/mol. The molecule has 2 rings (SSSR count). The van der Waals surface area contributed by atoms with Crippen LogP contribution in [0.25, 0.3) is 0 Å². The monoisotopic (exact) mass is 289 g/mol. The van der Waals surface area contributed by atoms with Gasteiger partial charge >= 0.3 is 0 Å². The van der Waals surface area contributed by atoms with E-state index in [-0.39, 0.29) is 11.5 Å². The lowest BCUT2D eigenvalue weighted by molar-refractivity contribution is -0.124. The van der Waals surface area contributed by atoms with Crippen molar-refractivity contribution in [2.24, 2.45) is 0 Å². The largest absolute Gasteiger partial charge is 0.354 e. The molecule has 0 unspecified atom stereocenters. The Labute approximate surface area is 122 Å². The van der Waals surface area contributed by atoms with Gasteiger partial charge in [-0.1, -0.05) is 6.07 Å². The number of carbonyl (C=O) groups is 1. The lowest BCUT2D eigenvalue weighted by Gasteiger charge is -2.13. The number of aryl methyl sites for hydroxylation is 1. The Kier molecular flexibility index (Phi) is 4.86. The molecule has 2 heterocycles. The molecular weight excluding hydrogens is 270 g/mol. The number of hydrogen-bond acceptors (Lipinski definition) is 4. The average molecular weight is 289 g/mol. The standard InChI is InChI=1S/C14H19N5O2/c1-11-5-3-6-13(20)18(11)8-4-7-16-14(21)12(2)19-10-15-9-17-19/h3,5-6,9-10,12H,4,7-8H2,1-2H3,(H,16,21)/t12-/m0/s1. The van der Waals surface area contributed by atoms with Gasteiger partial charge in [0.15, 0.2) is 0 Å². The highest BCUT2D eigenvalue weighted by atomic mass is 16.2. The number of nitrogens with one attached hydrogen (secondary N) is 1. The molecular formula is C14H19N5O2.